The standard InChI is InChI=1S/C15H30O6S2.3Na.3H/c1-3-5-6-7-8-9-10-11-12-13-14-21-23(19,20)15(4-2)22(16,17)18;;;;;;/h4,15H,2-3,5-14H2,1H3,(H,16,17,18);;;;;;. The minimum atomic E-state index is -4.77. The Morgan fingerprint density at radius 2 is 1.23 bits per heavy atom. The maximum absolute atomic E-state index is 11.6. The van der Waals surface area contributed by atoms with Gasteiger partial charge in [0.05, 0.1) is 6.61 Å². The second-order valence-corrected chi connectivity index (χ2v) is 9.18. The first-order valence-corrected chi connectivity index (χ1v) is 11.2. The van der Waals surface area contributed by atoms with Gasteiger partial charge in [0.1, 0.15) is 0 Å². The van der Waals surface area contributed by atoms with E-state index in [2.05, 4.69) is 17.7 Å². The Balaban J connectivity index is -0.000000807. The first-order valence-electron chi connectivity index (χ1n) is 8.22. The fourth-order valence-electron chi connectivity index (χ4n) is 2.22. The van der Waals surface area contributed by atoms with Crippen molar-refractivity contribution in [1.29, 1.82) is 0 Å². The summed E-state index contributed by atoms with van der Waals surface area (Å²) in [6.45, 7) is 5.21. The van der Waals surface area contributed by atoms with Crippen LogP contribution in [0.5, 0.6) is 0 Å². The molecule has 0 saturated heterocycles. The molecule has 0 aromatic heterocycles. The molecule has 26 heavy (non-hydrogen) atoms. The quantitative estimate of drug-likeness (QED) is 0.136. The molecule has 1 atom stereocenters. The third kappa shape index (κ3) is 18.6. The van der Waals surface area contributed by atoms with Gasteiger partial charge in [0.15, 0.2) is 0 Å². The van der Waals surface area contributed by atoms with Gasteiger partial charge < -0.3 is 0 Å². The summed E-state index contributed by atoms with van der Waals surface area (Å²) in [5.41, 5.74) is 0. The summed E-state index contributed by atoms with van der Waals surface area (Å²) in [4.78, 5) is 0. The van der Waals surface area contributed by atoms with Gasteiger partial charge in [0.2, 0.25) is 4.58 Å². The average Bonchev–Trinajstić information content (AvgIpc) is 2.43. The first-order chi connectivity index (χ1) is 10.8. The van der Waals surface area contributed by atoms with Gasteiger partial charge in [-0.1, -0.05) is 70.8 Å². The van der Waals surface area contributed by atoms with Crippen LogP contribution in [-0.2, 0) is 24.4 Å². The Bertz CT molecular complexity index is 523. The number of hydrogen-bond acceptors (Lipinski definition) is 5. The molecular weight excluding hydrogens is 409 g/mol. The van der Waals surface area contributed by atoms with Gasteiger partial charge >= 0.3 is 88.7 Å². The summed E-state index contributed by atoms with van der Waals surface area (Å²) in [7, 11) is -9.16. The molecule has 0 bridgehead atoms. The van der Waals surface area contributed by atoms with E-state index in [1.54, 1.807) is 0 Å². The zero-order valence-corrected chi connectivity index (χ0v) is 15.6. The van der Waals surface area contributed by atoms with Crippen LogP contribution in [0.1, 0.15) is 71.1 Å². The number of unbranched alkanes of at least 4 members (excludes halogenated alkanes) is 9. The minimum absolute atomic E-state index is 0. The molecule has 0 aliphatic rings. The molecule has 0 radical (unpaired) electrons. The maximum atomic E-state index is 11.6. The van der Waals surface area contributed by atoms with E-state index in [4.69, 9.17) is 4.55 Å². The van der Waals surface area contributed by atoms with Gasteiger partial charge in [-0.15, -0.1) is 6.58 Å². The summed E-state index contributed by atoms with van der Waals surface area (Å²) in [6.07, 6.45) is 11.6. The Hall–Kier alpha value is 2.56. The van der Waals surface area contributed by atoms with Crippen molar-refractivity contribution in [3.05, 3.63) is 12.7 Å². The number of hydrogen-bond donors (Lipinski definition) is 1. The van der Waals surface area contributed by atoms with Crippen molar-refractivity contribution >= 4 is 109 Å². The molecule has 1 unspecified atom stereocenters. The summed E-state index contributed by atoms with van der Waals surface area (Å²) < 4.78 is 56.5. The molecule has 0 amide bonds. The summed E-state index contributed by atoms with van der Waals surface area (Å²) in [5.74, 6) is 0. The van der Waals surface area contributed by atoms with Crippen LogP contribution in [-0.4, -0.2) is 121 Å². The summed E-state index contributed by atoms with van der Waals surface area (Å²) in [6, 6.07) is 0. The fraction of sp³-hybridized carbons (Fsp3) is 0.867. The second-order valence-electron chi connectivity index (χ2n) is 5.62. The Kier molecular flexibility index (Phi) is 28.8. The van der Waals surface area contributed by atoms with Crippen molar-refractivity contribution in [1.82, 2.24) is 0 Å². The van der Waals surface area contributed by atoms with E-state index >= 15 is 0 Å². The van der Waals surface area contributed by atoms with Crippen LogP contribution >= 0.6 is 0 Å². The Labute approximate surface area is 226 Å². The van der Waals surface area contributed by atoms with E-state index in [-0.39, 0.29) is 95.3 Å². The first kappa shape index (κ1) is 36.0. The number of rotatable bonds is 15. The molecule has 1 N–H and O–H groups in total. The second kappa shape index (κ2) is 20.8. The van der Waals surface area contributed by atoms with Crippen molar-refractivity contribution in [2.45, 2.75) is 75.7 Å². The van der Waals surface area contributed by atoms with E-state index < -0.39 is 24.8 Å². The van der Waals surface area contributed by atoms with Crippen molar-refractivity contribution in [2.24, 2.45) is 0 Å². The van der Waals surface area contributed by atoms with Gasteiger partial charge in [-0.3, -0.25) is 8.74 Å². The Morgan fingerprint density at radius 1 is 0.846 bits per heavy atom. The fourth-order valence-corrected chi connectivity index (χ4v) is 4.54. The van der Waals surface area contributed by atoms with E-state index in [0.717, 1.165) is 19.3 Å². The van der Waals surface area contributed by atoms with Crippen LogP contribution in [0.4, 0.5) is 0 Å². The van der Waals surface area contributed by atoms with E-state index in [9.17, 15) is 16.8 Å². The van der Waals surface area contributed by atoms with Gasteiger partial charge in [-0.25, -0.2) is 0 Å². The normalized spacial score (nSPS) is 12.2. The molecule has 0 spiro atoms. The molecule has 144 valence electrons. The molecule has 0 heterocycles. The molecule has 0 saturated carbocycles. The van der Waals surface area contributed by atoms with Crippen LogP contribution in [0, 0.1) is 0 Å². The van der Waals surface area contributed by atoms with Crippen molar-refractivity contribution in [2.75, 3.05) is 6.61 Å². The molecule has 0 aliphatic carbocycles. The van der Waals surface area contributed by atoms with Crippen molar-refractivity contribution < 1.29 is 25.6 Å². The monoisotopic (exact) mass is 442 g/mol. The predicted octanol–water partition coefficient (Wildman–Crippen LogP) is 1.71. The van der Waals surface area contributed by atoms with E-state index in [1.807, 2.05) is 0 Å². The van der Waals surface area contributed by atoms with Gasteiger partial charge in [0, 0.05) is 0 Å². The summed E-state index contributed by atoms with van der Waals surface area (Å²) in [5, 5.41) is 0. The zero-order valence-electron chi connectivity index (χ0n) is 13.9. The van der Waals surface area contributed by atoms with Gasteiger partial charge in [0.25, 0.3) is 20.2 Å². The topological polar surface area (TPSA) is 97.7 Å². The third-order valence-electron chi connectivity index (χ3n) is 3.52. The molecule has 0 aromatic rings. The molecule has 0 aromatic carbocycles. The third-order valence-corrected chi connectivity index (χ3v) is 6.99. The molecule has 0 rings (SSSR count). The van der Waals surface area contributed by atoms with Crippen LogP contribution in [0.3, 0.4) is 0 Å². The average molecular weight is 443 g/mol. The van der Waals surface area contributed by atoms with E-state index in [0.29, 0.717) is 12.5 Å². The molecular formula is C15H33Na3O6S2. The molecule has 0 fully saturated rings. The summed E-state index contributed by atoms with van der Waals surface area (Å²) >= 11 is 0. The molecule has 0 aliphatic heterocycles. The van der Waals surface area contributed by atoms with Crippen molar-refractivity contribution in [3.63, 3.8) is 0 Å². The SMILES string of the molecule is C=CC(S(=O)(=O)O)S(=O)(=O)OCCCCCCCCCCCC.[NaH].[NaH].[NaH]. The van der Waals surface area contributed by atoms with Gasteiger partial charge in [-0.2, -0.15) is 16.8 Å². The Morgan fingerprint density at radius 3 is 1.58 bits per heavy atom. The van der Waals surface area contributed by atoms with Crippen LogP contribution < -0.4 is 0 Å². The van der Waals surface area contributed by atoms with Gasteiger partial charge in [-0.05, 0) is 6.42 Å². The molecule has 11 heteroatoms. The van der Waals surface area contributed by atoms with Crippen LogP contribution in [0.2, 0.25) is 0 Å². The molecule has 6 nitrogen and oxygen atoms in total. The van der Waals surface area contributed by atoms with Crippen molar-refractivity contribution in [3.8, 4) is 0 Å². The van der Waals surface area contributed by atoms with Crippen LogP contribution in [0.15, 0.2) is 12.7 Å². The van der Waals surface area contributed by atoms with Crippen LogP contribution in [0.25, 0.3) is 0 Å². The van der Waals surface area contributed by atoms with E-state index in [1.165, 1.54) is 38.5 Å². The predicted molar refractivity (Wildman–Crippen MR) is 114 cm³/mol. The zero-order chi connectivity index (χ0) is 17.8.